The van der Waals surface area contributed by atoms with E-state index >= 15 is 0 Å². The Morgan fingerprint density at radius 2 is 0.692 bits per heavy atom. The predicted molar refractivity (Wildman–Crippen MR) is 175 cm³/mol. The standard InChI is InChI=1S/3C11H16N.CH4.ClH.Zn/c3*1-4-12(5-2)11-8-6-7-10(3)9-11;;;/h3*6,8-9H,4-5H2,1-3H3;1H4;1H;/q3*-1;;;. The van der Waals surface area contributed by atoms with Crippen LogP contribution in [0.15, 0.2) is 54.6 Å². The molecule has 39 heavy (non-hydrogen) atoms. The first kappa shape index (κ1) is 41.5. The third-order valence-electron chi connectivity index (χ3n) is 6.17. The Balaban J connectivity index is -0.000000480. The minimum atomic E-state index is 0. The van der Waals surface area contributed by atoms with E-state index < -0.39 is 0 Å². The van der Waals surface area contributed by atoms with Crippen LogP contribution < -0.4 is 14.7 Å². The van der Waals surface area contributed by atoms with Crippen LogP contribution in [-0.4, -0.2) is 39.3 Å². The number of halogens is 1. The van der Waals surface area contributed by atoms with Gasteiger partial charge in [0.2, 0.25) is 0 Å². The van der Waals surface area contributed by atoms with Gasteiger partial charge in [0.25, 0.3) is 0 Å². The van der Waals surface area contributed by atoms with Gasteiger partial charge in [0.05, 0.1) is 0 Å². The van der Waals surface area contributed by atoms with Crippen molar-refractivity contribution in [2.45, 2.75) is 69.7 Å². The van der Waals surface area contributed by atoms with Crippen LogP contribution in [0, 0.1) is 39.0 Å². The van der Waals surface area contributed by atoms with Crippen LogP contribution in [0.3, 0.4) is 0 Å². The molecule has 0 aliphatic carbocycles. The largest absolute Gasteiger partial charge is 0.394 e. The van der Waals surface area contributed by atoms with Crippen molar-refractivity contribution in [1.29, 1.82) is 0 Å². The van der Waals surface area contributed by atoms with Crippen LogP contribution in [0.2, 0.25) is 0 Å². The number of rotatable bonds is 9. The molecule has 0 atom stereocenters. The summed E-state index contributed by atoms with van der Waals surface area (Å²) in [6, 6.07) is 28.3. The summed E-state index contributed by atoms with van der Waals surface area (Å²) in [4.78, 5) is 7.00. The van der Waals surface area contributed by atoms with Crippen LogP contribution in [0.5, 0.6) is 0 Å². The molecular formula is C34H53ClN3Zn-3. The maximum absolute atomic E-state index is 3.15. The van der Waals surface area contributed by atoms with E-state index in [0.717, 1.165) is 39.3 Å². The molecule has 0 aromatic heterocycles. The van der Waals surface area contributed by atoms with Gasteiger partial charge >= 0.3 is 0 Å². The molecule has 0 saturated heterocycles. The van der Waals surface area contributed by atoms with Crippen molar-refractivity contribution in [1.82, 2.24) is 0 Å². The van der Waals surface area contributed by atoms with Crippen molar-refractivity contribution in [2.75, 3.05) is 54.0 Å². The Hall–Kier alpha value is -2.03. The second-order valence-electron chi connectivity index (χ2n) is 8.71. The molecule has 3 aromatic rings. The molecule has 0 spiro atoms. The average Bonchev–Trinajstić information content (AvgIpc) is 2.87. The van der Waals surface area contributed by atoms with Crippen LogP contribution in [0.25, 0.3) is 0 Å². The van der Waals surface area contributed by atoms with Crippen molar-refractivity contribution in [3.63, 3.8) is 0 Å². The van der Waals surface area contributed by atoms with Gasteiger partial charge in [0.1, 0.15) is 0 Å². The smallest absolute Gasteiger partial charge is 0.0128 e. The third-order valence-corrected chi connectivity index (χ3v) is 6.17. The molecule has 0 aliphatic rings. The molecule has 5 heteroatoms. The van der Waals surface area contributed by atoms with E-state index in [9.17, 15) is 0 Å². The maximum Gasteiger partial charge on any atom is 0.0128 e. The van der Waals surface area contributed by atoms with E-state index in [1.807, 2.05) is 18.2 Å². The molecule has 0 saturated carbocycles. The Kier molecular flexibility index (Phi) is 25.3. The molecule has 0 fully saturated rings. The predicted octanol–water partition coefficient (Wildman–Crippen LogP) is 8.98. The van der Waals surface area contributed by atoms with Crippen molar-refractivity contribution in [3.8, 4) is 0 Å². The molecule has 3 aromatic carbocycles. The fraction of sp³-hybridized carbons (Fsp3) is 0.471. The quantitative estimate of drug-likeness (QED) is 0.178. The summed E-state index contributed by atoms with van der Waals surface area (Å²) in [6.07, 6.45) is 0. The molecule has 0 radical (unpaired) electrons. The van der Waals surface area contributed by atoms with Gasteiger partial charge in [-0.3, -0.25) is 0 Å². The second-order valence-corrected chi connectivity index (χ2v) is 8.71. The zero-order valence-electron chi connectivity index (χ0n) is 25.4. The molecule has 0 aliphatic heterocycles. The number of nitrogens with zero attached hydrogens (tertiary/aromatic N) is 3. The summed E-state index contributed by atoms with van der Waals surface area (Å²) >= 11 is 0. The molecule has 0 N–H and O–H groups in total. The van der Waals surface area contributed by atoms with Crippen LogP contribution >= 0.6 is 12.4 Å². The van der Waals surface area contributed by atoms with E-state index in [2.05, 4.69) is 132 Å². The first-order valence-electron chi connectivity index (χ1n) is 13.5. The Morgan fingerprint density at radius 1 is 0.487 bits per heavy atom. The number of hydrogen-bond donors (Lipinski definition) is 0. The molecule has 0 unspecified atom stereocenters. The van der Waals surface area contributed by atoms with Gasteiger partial charge in [0, 0.05) is 58.7 Å². The summed E-state index contributed by atoms with van der Waals surface area (Å²) < 4.78 is 0. The normalized spacial score (nSPS) is 9.15. The summed E-state index contributed by atoms with van der Waals surface area (Å²) in [6.45, 7) is 25.7. The first-order valence-corrected chi connectivity index (χ1v) is 13.5. The van der Waals surface area contributed by atoms with E-state index in [1.54, 1.807) is 0 Å². The molecule has 3 nitrogen and oxygen atoms in total. The van der Waals surface area contributed by atoms with Gasteiger partial charge < -0.3 is 14.7 Å². The number of hydrogen-bond acceptors (Lipinski definition) is 3. The molecule has 3 rings (SSSR count). The van der Waals surface area contributed by atoms with Gasteiger partial charge in [-0.1, -0.05) is 45.3 Å². The number of aryl methyl sites for hydroxylation is 3. The topological polar surface area (TPSA) is 9.72 Å². The molecule has 216 valence electrons. The monoisotopic (exact) mass is 602 g/mol. The zero-order valence-corrected chi connectivity index (χ0v) is 29.2. The fourth-order valence-electron chi connectivity index (χ4n) is 4.07. The second kappa shape index (κ2) is 23.8. The van der Waals surface area contributed by atoms with Crippen molar-refractivity contribution < 1.29 is 19.5 Å². The van der Waals surface area contributed by atoms with Gasteiger partial charge in [0.15, 0.2) is 0 Å². The Labute approximate surface area is 261 Å². The van der Waals surface area contributed by atoms with E-state index in [-0.39, 0.29) is 39.3 Å². The van der Waals surface area contributed by atoms with Crippen LogP contribution in [-0.2, 0) is 19.5 Å². The SMILES string of the molecule is C.CCN(CC)c1cc[c-]c(C)c1.CCN(CC)c1cc[c-]c(C)c1.CCN(CC)c1cc[c-]c(C)c1.Cl.[Zn]. The zero-order chi connectivity index (χ0) is 26.9. The Morgan fingerprint density at radius 3 is 0.846 bits per heavy atom. The van der Waals surface area contributed by atoms with Gasteiger partial charge in [-0.25, -0.2) is 0 Å². The van der Waals surface area contributed by atoms with Gasteiger partial charge in [-0.2, -0.15) is 53.1 Å². The molecule has 0 bridgehead atoms. The van der Waals surface area contributed by atoms with Crippen LogP contribution in [0.1, 0.15) is 65.7 Å². The van der Waals surface area contributed by atoms with E-state index in [4.69, 9.17) is 0 Å². The molecule has 0 amide bonds. The average molecular weight is 605 g/mol. The van der Waals surface area contributed by atoms with E-state index in [1.165, 1.54) is 33.8 Å². The van der Waals surface area contributed by atoms with Gasteiger partial charge in [-0.05, 0) is 41.5 Å². The first-order chi connectivity index (χ1) is 17.3. The van der Waals surface area contributed by atoms with Crippen molar-refractivity contribution in [2.24, 2.45) is 0 Å². The van der Waals surface area contributed by atoms with Crippen molar-refractivity contribution in [3.05, 3.63) is 89.5 Å². The summed E-state index contributed by atoms with van der Waals surface area (Å²) in [5, 5.41) is 0. The van der Waals surface area contributed by atoms with Gasteiger partial charge in [-0.15, -0.1) is 48.8 Å². The van der Waals surface area contributed by atoms with Crippen LogP contribution in [0.4, 0.5) is 17.1 Å². The summed E-state index contributed by atoms with van der Waals surface area (Å²) in [5.41, 5.74) is 7.53. The molecular weight excluding hydrogens is 551 g/mol. The summed E-state index contributed by atoms with van der Waals surface area (Å²) in [7, 11) is 0. The van der Waals surface area contributed by atoms with E-state index in [0.29, 0.717) is 0 Å². The maximum atomic E-state index is 3.15. The summed E-state index contributed by atoms with van der Waals surface area (Å²) in [5.74, 6) is 0. The minimum absolute atomic E-state index is 0. The van der Waals surface area contributed by atoms with Crippen molar-refractivity contribution >= 4 is 29.5 Å². The number of benzene rings is 3. The Bertz CT molecular complexity index is 856. The number of anilines is 3. The fourth-order valence-corrected chi connectivity index (χ4v) is 4.07. The molecule has 0 heterocycles. The third kappa shape index (κ3) is 15.4. The minimum Gasteiger partial charge on any atom is -0.394 e.